The van der Waals surface area contributed by atoms with E-state index in [4.69, 9.17) is 11.0 Å². The van der Waals surface area contributed by atoms with E-state index in [0.717, 1.165) is 23.2 Å². The summed E-state index contributed by atoms with van der Waals surface area (Å²) >= 11 is 0. The van der Waals surface area contributed by atoms with Crippen LogP contribution in [-0.2, 0) is 6.42 Å². The number of anilines is 1. The van der Waals surface area contributed by atoms with Gasteiger partial charge >= 0.3 is 0 Å². The normalized spacial score (nSPS) is 9.88. The topological polar surface area (TPSA) is 62.7 Å². The summed E-state index contributed by atoms with van der Waals surface area (Å²) in [5, 5.41) is 8.76. The number of nitriles is 1. The van der Waals surface area contributed by atoms with Crippen molar-refractivity contribution in [2.24, 2.45) is 0 Å². The van der Waals surface area contributed by atoms with Crippen LogP contribution in [0.2, 0.25) is 0 Å². The van der Waals surface area contributed by atoms with E-state index in [0.29, 0.717) is 11.4 Å². The van der Waals surface area contributed by atoms with E-state index in [1.54, 1.807) is 6.07 Å². The SMILES string of the molecule is CCc1nc(N)ccc1-c1ccc(C#N)cc1. The van der Waals surface area contributed by atoms with Gasteiger partial charge in [0.25, 0.3) is 0 Å². The van der Waals surface area contributed by atoms with Gasteiger partial charge in [0.1, 0.15) is 5.82 Å². The van der Waals surface area contributed by atoms with Crippen LogP contribution in [0.5, 0.6) is 0 Å². The molecule has 2 aromatic rings. The maximum absolute atomic E-state index is 8.76. The van der Waals surface area contributed by atoms with E-state index in [9.17, 15) is 0 Å². The summed E-state index contributed by atoms with van der Waals surface area (Å²) in [6.45, 7) is 2.05. The number of rotatable bonds is 2. The zero-order valence-corrected chi connectivity index (χ0v) is 9.64. The number of hydrogen-bond donors (Lipinski definition) is 1. The number of nitrogens with zero attached hydrogens (tertiary/aromatic N) is 2. The highest BCUT2D eigenvalue weighted by atomic mass is 14.8. The molecule has 0 radical (unpaired) electrons. The summed E-state index contributed by atoms with van der Waals surface area (Å²) in [5.41, 5.74) is 9.45. The molecule has 0 amide bonds. The molecule has 0 unspecified atom stereocenters. The van der Waals surface area contributed by atoms with Gasteiger partial charge in [0.15, 0.2) is 0 Å². The van der Waals surface area contributed by atoms with Gasteiger partial charge in [-0.1, -0.05) is 19.1 Å². The molecule has 0 aliphatic heterocycles. The van der Waals surface area contributed by atoms with Crippen LogP contribution in [0.15, 0.2) is 36.4 Å². The quantitative estimate of drug-likeness (QED) is 0.851. The Bertz CT molecular complexity index is 565. The first-order valence-corrected chi connectivity index (χ1v) is 5.50. The highest BCUT2D eigenvalue weighted by Gasteiger charge is 2.05. The summed E-state index contributed by atoms with van der Waals surface area (Å²) in [7, 11) is 0. The fourth-order valence-electron chi connectivity index (χ4n) is 1.77. The van der Waals surface area contributed by atoms with Crippen LogP contribution in [0, 0.1) is 11.3 Å². The molecule has 2 rings (SSSR count). The molecule has 3 heteroatoms. The van der Waals surface area contributed by atoms with Crippen molar-refractivity contribution in [3.63, 3.8) is 0 Å². The first kappa shape index (κ1) is 11.2. The highest BCUT2D eigenvalue weighted by molar-refractivity contribution is 5.67. The Morgan fingerprint density at radius 1 is 1.18 bits per heavy atom. The third-order valence-corrected chi connectivity index (χ3v) is 2.66. The number of aromatic nitrogens is 1. The van der Waals surface area contributed by atoms with Crippen LogP contribution in [0.25, 0.3) is 11.1 Å². The second-order valence-electron chi connectivity index (χ2n) is 3.77. The largest absolute Gasteiger partial charge is 0.384 e. The lowest BCUT2D eigenvalue weighted by molar-refractivity contribution is 1.04. The first-order valence-electron chi connectivity index (χ1n) is 5.50. The molecule has 2 N–H and O–H groups in total. The van der Waals surface area contributed by atoms with Gasteiger partial charge < -0.3 is 5.73 Å². The average Bonchev–Trinajstić information content (AvgIpc) is 2.39. The van der Waals surface area contributed by atoms with E-state index >= 15 is 0 Å². The molecule has 0 atom stereocenters. The second-order valence-corrected chi connectivity index (χ2v) is 3.77. The molecule has 0 saturated heterocycles. The van der Waals surface area contributed by atoms with Crippen LogP contribution < -0.4 is 5.73 Å². The van der Waals surface area contributed by atoms with Crippen molar-refractivity contribution in [3.05, 3.63) is 47.7 Å². The lowest BCUT2D eigenvalue weighted by atomic mass is 10.0. The molecule has 0 saturated carbocycles. The Kier molecular flexibility index (Phi) is 3.06. The van der Waals surface area contributed by atoms with Crippen molar-refractivity contribution in [3.8, 4) is 17.2 Å². The van der Waals surface area contributed by atoms with Crippen LogP contribution in [0.4, 0.5) is 5.82 Å². The molecule has 0 spiro atoms. The Morgan fingerprint density at radius 2 is 1.88 bits per heavy atom. The molecule has 0 bridgehead atoms. The molecular weight excluding hydrogens is 210 g/mol. The number of benzene rings is 1. The minimum atomic E-state index is 0.541. The number of nitrogen functional groups attached to an aromatic ring is 1. The van der Waals surface area contributed by atoms with E-state index in [-0.39, 0.29) is 0 Å². The zero-order chi connectivity index (χ0) is 12.3. The smallest absolute Gasteiger partial charge is 0.123 e. The predicted molar refractivity (Wildman–Crippen MR) is 68.2 cm³/mol. The molecule has 1 aromatic carbocycles. The number of hydrogen-bond acceptors (Lipinski definition) is 3. The monoisotopic (exact) mass is 223 g/mol. The minimum Gasteiger partial charge on any atom is -0.384 e. The molecule has 0 fully saturated rings. The summed E-state index contributed by atoms with van der Waals surface area (Å²) in [6, 6.07) is 13.4. The maximum Gasteiger partial charge on any atom is 0.123 e. The Balaban J connectivity index is 2.49. The molecule has 0 aliphatic carbocycles. The van der Waals surface area contributed by atoms with Gasteiger partial charge in [0, 0.05) is 5.56 Å². The Morgan fingerprint density at radius 3 is 2.47 bits per heavy atom. The molecule has 1 heterocycles. The Hall–Kier alpha value is -2.34. The molecule has 84 valence electrons. The lowest BCUT2D eigenvalue weighted by Crippen LogP contribution is -1.97. The van der Waals surface area contributed by atoms with Crippen molar-refractivity contribution >= 4 is 5.82 Å². The van der Waals surface area contributed by atoms with Gasteiger partial charge in [0.05, 0.1) is 17.3 Å². The fraction of sp³-hybridized carbons (Fsp3) is 0.143. The third kappa shape index (κ3) is 2.26. The second kappa shape index (κ2) is 4.67. The number of pyridine rings is 1. The zero-order valence-electron chi connectivity index (χ0n) is 9.64. The Labute approximate surface area is 101 Å². The van der Waals surface area contributed by atoms with E-state index in [2.05, 4.69) is 18.0 Å². The van der Waals surface area contributed by atoms with Crippen LogP contribution in [-0.4, -0.2) is 4.98 Å². The van der Waals surface area contributed by atoms with Gasteiger partial charge in [-0.15, -0.1) is 0 Å². The van der Waals surface area contributed by atoms with Crippen molar-refractivity contribution in [1.82, 2.24) is 4.98 Å². The van der Waals surface area contributed by atoms with Gasteiger partial charge in [-0.3, -0.25) is 0 Å². The maximum atomic E-state index is 8.76. The van der Waals surface area contributed by atoms with Gasteiger partial charge in [-0.05, 0) is 36.2 Å². The fourth-order valence-corrected chi connectivity index (χ4v) is 1.77. The standard InChI is InChI=1S/C14H13N3/c1-2-13-12(7-8-14(16)17-13)11-5-3-10(9-15)4-6-11/h3-8H,2H2,1H3,(H2,16,17). The van der Waals surface area contributed by atoms with Crippen LogP contribution >= 0.6 is 0 Å². The van der Waals surface area contributed by atoms with E-state index < -0.39 is 0 Å². The summed E-state index contributed by atoms with van der Waals surface area (Å²) in [5.74, 6) is 0.541. The number of nitrogens with two attached hydrogens (primary N) is 1. The first-order chi connectivity index (χ1) is 8.24. The molecule has 0 aliphatic rings. The highest BCUT2D eigenvalue weighted by Crippen LogP contribution is 2.24. The van der Waals surface area contributed by atoms with Crippen molar-refractivity contribution < 1.29 is 0 Å². The summed E-state index contributed by atoms with van der Waals surface area (Å²) < 4.78 is 0. The van der Waals surface area contributed by atoms with Crippen molar-refractivity contribution in [2.45, 2.75) is 13.3 Å². The molecular formula is C14H13N3. The van der Waals surface area contributed by atoms with Crippen LogP contribution in [0.3, 0.4) is 0 Å². The molecule has 1 aromatic heterocycles. The summed E-state index contributed by atoms with van der Waals surface area (Å²) in [6.07, 6.45) is 0.834. The van der Waals surface area contributed by atoms with E-state index in [1.807, 2.05) is 30.3 Å². The van der Waals surface area contributed by atoms with Crippen LogP contribution in [0.1, 0.15) is 18.2 Å². The van der Waals surface area contributed by atoms with Gasteiger partial charge in [-0.25, -0.2) is 4.98 Å². The van der Waals surface area contributed by atoms with Crippen molar-refractivity contribution in [1.29, 1.82) is 5.26 Å². The van der Waals surface area contributed by atoms with Gasteiger partial charge in [0.2, 0.25) is 0 Å². The molecule has 3 nitrogen and oxygen atoms in total. The minimum absolute atomic E-state index is 0.541. The third-order valence-electron chi connectivity index (χ3n) is 2.66. The molecule has 17 heavy (non-hydrogen) atoms. The number of aryl methyl sites for hydroxylation is 1. The lowest BCUT2D eigenvalue weighted by Gasteiger charge is -2.08. The predicted octanol–water partition coefficient (Wildman–Crippen LogP) is 2.76. The summed E-state index contributed by atoms with van der Waals surface area (Å²) in [4.78, 5) is 4.32. The van der Waals surface area contributed by atoms with E-state index in [1.165, 1.54) is 0 Å². The van der Waals surface area contributed by atoms with Gasteiger partial charge in [-0.2, -0.15) is 5.26 Å². The average molecular weight is 223 g/mol. The van der Waals surface area contributed by atoms with Crippen molar-refractivity contribution in [2.75, 3.05) is 5.73 Å².